The Hall–Kier alpha value is -2.93. The second-order valence-electron chi connectivity index (χ2n) is 6.02. The van der Waals surface area contributed by atoms with E-state index in [1.54, 1.807) is 51.4 Å². The Bertz CT molecular complexity index is 782. The molecule has 2 atom stereocenters. The number of carbonyl (C=O) groups excluding carboxylic acids is 2. The van der Waals surface area contributed by atoms with Gasteiger partial charge in [-0.05, 0) is 37.3 Å². The van der Waals surface area contributed by atoms with Gasteiger partial charge < -0.3 is 20.3 Å². The predicted molar refractivity (Wildman–Crippen MR) is 97.9 cm³/mol. The highest BCUT2D eigenvalue weighted by Crippen LogP contribution is 2.16. The number of amides is 2. The molecule has 3 N–H and O–H groups in total. The number of methoxy groups -OCH3 is 1. The first-order chi connectivity index (χ1) is 12.4. The van der Waals surface area contributed by atoms with E-state index in [0.717, 1.165) is 0 Å². The highest BCUT2D eigenvalue weighted by atomic mass is 19.1. The van der Waals surface area contributed by atoms with Crippen molar-refractivity contribution < 1.29 is 23.6 Å². The molecule has 0 aliphatic carbocycles. The molecule has 0 fully saturated rings. The van der Waals surface area contributed by atoms with Crippen LogP contribution in [0.25, 0.3) is 0 Å². The van der Waals surface area contributed by atoms with Crippen molar-refractivity contribution in [3.05, 3.63) is 54.3 Å². The van der Waals surface area contributed by atoms with E-state index >= 15 is 0 Å². The minimum atomic E-state index is -0.459. The van der Waals surface area contributed by atoms with Crippen molar-refractivity contribution in [2.75, 3.05) is 31.3 Å². The number of hydrogen-bond donors (Lipinski definition) is 3. The van der Waals surface area contributed by atoms with Crippen molar-refractivity contribution in [3.63, 3.8) is 0 Å². The first kappa shape index (κ1) is 19.4. The maximum Gasteiger partial charge on any atom is 0.282 e. The number of quaternary nitrogens is 1. The first-order valence-electron chi connectivity index (χ1n) is 8.21. The molecule has 2 rings (SSSR count). The quantitative estimate of drug-likeness (QED) is 0.697. The van der Waals surface area contributed by atoms with Crippen molar-refractivity contribution in [1.82, 2.24) is 0 Å². The highest BCUT2D eigenvalue weighted by Gasteiger charge is 2.24. The zero-order chi connectivity index (χ0) is 19.1. The standard InChI is InChI=1S/C19H22FN3O3/c1-13(19(25)22-16-8-5-9-17(11-16)26-3)23(2)12-18(24)21-15-7-4-6-14(20)10-15/h4-11,13H,12H2,1-3H3,(H,21,24)(H,22,25)/p+1/t13-/m1/s1. The molecule has 0 spiro atoms. The lowest BCUT2D eigenvalue weighted by Gasteiger charge is -2.20. The van der Waals surface area contributed by atoms with Gasteiger partial charge in [0.2, 0.25) is 0 Å². The normalized spacial score (nSPS) is 12.8. The molecule has 2 amide bonds. The average Bonchev–Trinajstić information content (AvgIpc) is 2.61. The summed E-state index contributed by atoms with van der Waals surface area (Å²) >= 11 is 0. The van der Waals surface area contributed by atoms with Gasteiger partial charge in [0.25, 0.3) is 11.8 Å². The van der Waals surface area contributed by atoms with Crippen LogP contribution in [0.3, 0.4) is 0 Å². The third-order valence-corrected chi connectivity index (χ3v) is 4.02. The van der Waals surface area contributed by atoms with E-state index in [-0.39, 0.29) is 18.4 Å². The van der Waals surface area contributed by atoms with Gasteiger partial charge in [-0.3, -0.25) is 9.59 Å². The fourth-order valence-corrected chi connectivity index (χ4v) is 2.35. The summed E-state index contributed by atoms with van der Waals surface area (Å²) in [5.74, 6) is -0.288. The summed E-state index contributed by atoms with van der Waals surface area (Å²) in [7, 11) is 3.31. The Kier molecular flexibility index (Phi) is 6.68. The number of hydrogen-bond acceptors (Lipinski definition) is 3. The summed E-state index contributed by atoms with van der Waals surface area (Å²) in [6.45, 7) is 1.81. The van der Waals surface area contributed by atoms with Gasteiger partial charge in [-0.2, -0.15) is 0 Å². The van der Waals surface area contributed by atoms with Crippen LogP contribution in [-0.4, -0.2) is 38.6 Å². The largest absolute Gasteiger partial charge is 0.497 e. The Labute approximate surface area is 152 Å². The second-order valence-corrected chi connectivity index (χ2v) is 6.02. The van der Waals surface area contributed by atoms with Gasteiger partial charge in [-0.15, -0.1) is 0 Å². The number of carbonyl (C=O) groups is 2. The van der Waals surface area contributed by atoms with E-state index in [1.807, 2.05) is 0 Å². The van der Waals surface area contributed by atoms with Crippen molar-refractivity contribution in [2.45, 2.75) is 13.0 Å². The molecule has 6 nitrogen and oxygen atoms in total. The van der Waals surface area contributed by atoms with Gasteiger partial charge >= 0.3 is 0 Å². The van der Waals surface area contributed by atoms with Crippen molar-refractivity contribution in [1.29, 1.82) is 0 Å². The van der Waals surface area contributed by atoms with Crippen LogP contribution in [-0.2, 0) is 9.59 Å². The number of halogens is 1. The van der Waals surface area contributed by atoms with Gasteiger partial charge in [0.15, 0.2) is 12.6 Å². The van der Waals surface area contributed by atoms with Crippen LogP contribution >= 0.6 is 0 Å². The van der Waals surface area contributed by atoms with E-state index in [1.165, 1.54) is 18.2 Å². The molecule has 138 valence electrons. The summed E-state index contributed by atoms with van der Waals surface area (Å²) in [6, 6.07) is 12.3. The number of nitrogens with one attached hydrogen (secondary N) is 3. The van der Waals surface area contributed by atoms with Crippen LogP contribution in [0.2, 0.25) is 0 Å². The number of ether oxygens (including phenoxy) is 1. The number of likely N-dealkylation sites (N-methyl/N-ethyl adjacent to an activating group) is 1. The molecule has 0 aliphatic rings. The SMILES string of the molecule is COc1cccc(NC(=O)[C@@H](C)[NH+](C)CC(=O)Nc2cccc(F)c2)c1. The minimum Gasteiger partial charge on any atom is -0.497 e. The van der Waals surface area contributed by atoms with E-state index in [0.29, 0.717) is 22.0 Å². The van der Waals surface area contributed by atoms with Crippen molar-refractivity contribution in [3.8, 4) is 5.75 Å². The van der Waals surface area contributed by atoms with E-state index < -0.39 is 11.9 Å². The Morgan fingerprint density at radius 3 is 2.42 bits per heavy atom. The zero-order valence-corrected chi connectivity index (χ0v) is 15.0. The molecule has 0 saturated heterocycles. The number of rotatable bonds is 7. The van der Waals surface area contributed by atoms with E-state index in [4.69, 9.17) is 4.74 Å². The van der Waals surface area contributed by atoms with Gasteiger partial charge in [0.05, 0.1) is 14.2 Å². The fourth-order valence-electron chi connectivity index (χ4n) is 2.35. The molecule has 26 heavy (non-hydrogen) atoms. The predicted octanol–water partition coefficient (Wildman–Crippen LogP) is 1.31. The summed E-state index contributed by atoms with van der Waals surface area (Å²) in [5.41, 5.74) is 1.01. The lowest BCUT2D eigenvalue weighted by molar-refractivity contribution is -0.885. The molecule has 0 radical (unpaired) electrons. The molecular weight excluding hydrogens is 337 g/mol. The molecule has 1 unspecified atom stereocenters. The topological polar surface area (TPSA) is 71.9 Å². The molecule has 2 aromatic carbocycles. The lowest BCUT2D eigenvalue weighted by Crippen LogP contribution is -3.14. The third-order valence-electron chi connectivity index (χ3n) is 4.02. The molecular formula is C19H23FN3O3+. The van der Waals surface area contributed by atoms with Gasteiger partial charge in [0.1, 0.15) is 11.6 Å². The van der Waals surface area contributed by atoms with Crippen LogP contribution in [0.4, 0.5) is 15.8 Å². The Balaban J connectivity index is 1.90. The first-order valence-corrected chi connectivity index (χ1v) is 8.21. The maximum absolute atomic E-state index is 13.2. The monoisotopic (exact) mass is 360 g/mol. The molecule has 0 heterocycles. The third kappa shape index (κ3) is 5.56. The lowest BCUT2D eigenvalue weighted by atomic mass is 10.2. The van der Waals surface area contributed by atoms with Gasteiger partial charge in [-0.25, -0.2) is 4.39 Å². The summed E-state index contributed by atoms with van der Waals surface area (Å²) in [6.07, 6.45) is 0. The molecule has 7 heteroatoms. The van der Waals surface area contributed by atoms with Crippen LogP contribution in [0.1, 0.15) is 6.92 Å². The molecule has 0 bridgehead atoms. The minimum absolute atomic E-state index is 0.0726. The van der Waals surface area contributed by atoms with E-state index in [9.17, 15) is 14.0 Å². The summed E-state index contributed by atoms with van der Waals surface area (Å²) < 4.78 is 18.3. The van der Waals surface area contributed by atoms with Gasteiger partial charge in [0, 0.05) is 17.4 Å². The average molecular weight is 360 g/mol. The number of anilines is 2. The summed E-state index contributed by atoms with van der Waals surface area (Å²) in [5, 5.41) is 5.43. The van der Waals surface area contributed by atoms with E-state index in [2.05, 4.69) is 10.6 Å². The van der Waals surface area contributed by atoms with Crippen molar-refractivity contribution in [2.24, 2.45) is 0 Å². The van der Waals surface area contributed by atoms with Crippen molar-refractivity contribution >= 4 is 23.2 Å². The maximum atomic E-state index is 13.2. The second kappa shape index (κ2) is 8.96. The number of benzene rings is 2. The molecule has 2 aromatic rings. The Morgan fingerprint density at radius 1 is 1.12 bits per heavy atom. The zero-order valence-electron chi connectivity index (χ0n) is 15.0. The molecule has 0 aliphatic heterocycles. The fraction of sp³-hybridized carbons (Fsp3) is 0.263. The highest BCUT2D eigenvalue weighted by molar-refractivity contribution is 5.94. The Morgan fingerprint density at radius 2 is 1.77 bits per heavy atom. The van der Waals surface area contributed by atoms with Crippen LogP contribution in [0.5, 0.6) is 5.75 Å². The van der Waals surface area contributed by atoms with Gasteiger partial charge in [-0.1, -0.05) is 12.1 Å². The smallest absolute Gasteiger partial charge is 0.282 e. The summed E-state index contributed by atoms with van der Waals surface area (Å²) in [4.78, 5) is 25.2. The van der Waals surface area contributed by atoms with Crippen LogP contribution < -0.4 is 20.3 Å². The molecule has 0 aromatic heterocycles. The molecule has 0 saturated carbocycles. The van der Waals surface area contributed by atoms with Crippen LogP contribution in [0, 0.1) is 5.82 Å². The van der Waals surface area contributed by atoms with Crippen LogP contribution in [0.15, 0.2) is 48.5 Å².